The Kier molecular flexibility index (Phi) is 6.73. The van der Waals surface area contributed by atoms with Crippen LogP contribution in [-0.2, 0) is 15.0 Å². The minimum Gasteiger partial charge on any atom is -0.481 e. The van der Waals surface area contributed by atoms with Crippen molar-refractivity contribution in [2.75, 3.05) is 26.0 Å². The molecule has 1 aliphatic rings. The zero-order chi connectivity index (χ0) is 15.3. The summed E-state index contributed by atoms with van der Waals surface area (Å²) in [6.07, 6.45) is 2.47. The van der Waals surface area contributed by atoms with Crippen LogP contribution >= 0.6 is 11.8 Å². The highest BCUT2D eigenvalue weighted by Crippen LogP contribution is 2.20. The van der Waals surface area contributed by atoms with Gasteiger partial charge < -0.3 is 10.2 Å². The number of nitrogens with zero attached hydrogens (tertiary/aromatic N) is 1. The summed E-state index contributed by atoms with van der Waals surface area (Å²) < 4.78 is 28.2. The standard InChI is InChI=1S/C11H22N2O5S2/c1-8(10(7-14)19-2)12-20(17,18)13-5-3-9(4-6-13)11(15)16/h8-10,12,14H,3-7H2,1-2H3,(H,15,16). The van der Waals surface area contributed by atoms with Crippen LogP contribution < -0.4 is 4.72 Å². The monoisotopic (exact) mass is 326 g/mol. The molecule has 0 aliphatic carbocycles. The highest BCUT2D eigenvalue weighted by atomic mass is 32.2. The van der Waals surface area contributed by atoms with Crippen LogP contribution in [0.15, 0.2) is 0 Å². The van der Waals surface area contributed by atoms with Gasteiger partial charge in [-0.2, -0.15) is 29.2 Å². The number of aliphatic hydroxyl groups is 1. The molecular formula is C11H22N2O5S2. The molecule has 1 rings (SSSR count). The van der Waals surface area contributed by atoms with Gasteiger partial charge in [-0.3, -0.25) is 4.79 Å². The van der Waals surface area contributed by atoms with Crippen LogP contribution in [0.1, 0.15) is 19.8 Å². The summed E-state index contributed by atoms with van der Waals surface area (Å²) in [5.74, 6) is -1.33. The Morgan fingerprint density at radius 2 is 2.00 bits per heavy atom. The van der Waals surface area contributed by atoms with Gasteiger partial charge in [0.15, 0.2) is 0 Å². The highest BCUT2D eigenvalue weighted by molar-refractivity contribution is 7.99. The second kappa shape index (κ2) is 7.60. The molecule has 3 N–H and O–H groups in total. The smallest absolute Gasteiger partial charge is 0.306 e. The summed E-state index contributed by atoms with van der Waals surface area (Å²) in [7, 11) is -3.63. The van der Waals surface area contributed by atoms with Crippen LogP contribution in [0.2, 0.25) is 0 Å². The molecule has 0 amide bonds. The average Bonchev–Trinajstić information content (AvgIpc) is 2.39. The van der Waals surface area contributed by atoms with Crippen molar-refractivity contribution in [2.45, 2.75) is 31.1 Å². The maximum Gasteiger partial charge on any atom is 0.306 e. The van der Waals surface area contributed by atoms with Crippen LogP contribution in [0, 0.1) is 5.92 Å². The van der Waals surface area contributed by atoms with E-state index in [2.05, 4.69) is 4.72 Å². The normalized spacial score (nSPS) is 21.6. The summed E-state index contributed by atoms with van der Waals surface area (Å²) in [5.41, 5.74) is 0. The van der Waals surface area contributed by atoms with Crippen molar-refractivity contribution in [1.29, 1.82) is 0 Å². The highest BCUT2D eigenvalue weighted by Gasteiger charge is 2.32. The molecule has 0 saturated carbocycles. The van der Waals surface area contributed by atoms with Crippen molar-refractivity contribution in [1.82, 2.24) is 9.03 Å². The number of aliphatic hydroxyl groups excluding tert-OH is 1. The van der Waals surface area contributed by atoms with Gasteiger partial charge in [0.1, 0.15) is 0 Å². The summed E-state index contributed by atoms with van der Waals surface area (Å²) >= 11 is 1.40. The van der Waals surface area contributed by atoms with E-state index in [4.69, 9.17) is 10.2 Å². The Bertz CT molecular complexity index is 417. The number of aliphatic carboxylic acids is 1. The van der Waals surface area contributed by atoms with Gasteiger partial charge in [0.25, 0.3) is 10.2 Å². The number of carbonyl (C=O) groups is 1. The van der Waals surface area contributed by atoms with Gasteiger partial charge in [-0.05, 0) is 26.0 Å². The average molecular weight is 326 g/mol. The Morgan fingerprint density at radius 3 is 2.40 bits per heavy atom. The van der Waals surface area contributed by atoms with Gasteiger partial charge in [-0.1, -0.05) is 0 Å². The molecule has 0 radical (unpaired) electrons. The van der Waals surface area contributed by atoms with E-state index in [0.717, 1.165) is 0 Å². The van der Waals surface area contributed by atoms with Crippen LogP contribution in [0.3, 0.4) is 0 Å². The number of hydrogen-bond acceptors (Lipinski definition) is 5. The molecule has 2 unspecified atom stereocenters. The van der Waals surface area contributed by atoms with Crippen molar-refractivity contribution < 1.29 is 23.4 Å². The van der Waals surface area contributed by atoms with E-state index in [1.807, 2.05) is 6.26 Å². The number of nitrogens with one attached hydrogen (secondary N) is 1. The molecule has 0 bridgehead atoms. The summed E-state index contributed by atoms with van der Waals surface area (Å²) in [6.45, 7) is 2.02. The predicted molar refractivity (Wildman–Crippen MR) is 77.8 cm³/mol. The quantitative estimate of drug-likeness (QED) is 0.594. The fourth-order valence-electron chi connectivity index (χ4n) is 2.17. The zero-order valence-corrected chi connectivity index (χ0v) is 13.3. The lowest BCUT2D eigenvalue weighted by Crippen LogP contribution is -2.50. The van der Waals surface area contributed by atoms with Crippen molar-refractivity contribution in [3.8, 4) is 0 Å². The number of rotatable bonds is 7. The lowest BCUT2D eigenvalue weighted by molar-refractivity contribution is -0.142. The first-order chi connectivity index (χ1) is 9.31. The van der Waals surface area contributed by atoms with Crippen molar-refractivity contribution >= 4 is 27.9 Å². The number of hydrogen-bond donors (Lipinski definition) is 3. The molecule has 20 heavy (non-hydrogen) atoms. The van der Waals surface area contributed by atoms with E-state index in [-0.39, 0.29) is 24.9 Å². The van der Waals surface area contributed by atoms with Gasteiger partial charge in [-0.25, -0.2) is 0 Å². The van der Waals surface area contributed by atoms with Gasteiger partial charge in [-0.15, -0.1) is 0 Å². The number of carboxylic acids is 1. The van der Waals surface area contributed by atoms with Crippen molar-refractivity contribution in [3.05, 3.63) is 0 Å². The van der Waals surface area contributed by atoms with Gasteiger partial charge in [0.2, 0.25) is 0 Å². The van der Waals surface area contributed by atoms with E-state index < -0.39 is 28.1 Å². The topological polar surface area (TPSA) is 107 Å². The maximum atomic E-state index is 12.2. The molecule has 0 aromatic heterocycles. The minimum atomic E-state index is -3.63. The fourth-order valence-corrected chi connectivity index (χ4v) is 4.35. The van der Waals surface area contributed by atoms with E-state index in [0.29, 0.717) is 12.8 Å². The van der Waals surface area contributed by atoms with Crippen molar-refractivity contribution in [2.24, 2.45) is 5.92 Å². The molecule has 118 valence electrons. The second-order valence-electron chi connectivity index (χ2n) is 4.88. The molecule has 1 heterocycles. The second-order valence-corrected chi connectivity index (χ2v) is 7.66. The molecule has 7 nitrogen and oxygen atoms in total. The Labute approximate surface area is 123 Å². The predicted octanol–water partition coefficient (Wildman–Crippen LogP) is -0.270. The lowest BCUT2D eigenvalue weighted by Gasteiger charge is -2.31. The Morgan fingerprint density at radius 1 is 1.45 bits per heavy atom. The van der Waals surface area contributed by atoms with Crippen LogP contribution in [0.4, 0.5) is 0 Å². The molecule has 1 saturated heterocycles. The zero-order valence-electron chi connectivity index (χ0n) is 11.7. The van der Waals surface area contributed by atoms with E-state index in [1.54, 1.807) is 6.92 Å². The first-order valence-corrected chi connectivity index (χ1v) is 9.18. The largest absolute Gasteiger partial charge is 0.481 e. The van der Waals surface area contributed by atoms with Crippen molar-refractivity contribution in [3.63, 3.8) is 0 Å². The first kappa shape index (κ1) is 17.7. The van der Waals surface area contributed by atoms with E-state index in [1.165, 1.54) is 16.1 Å². The molecule has 1 fully saturated rings. The lowest BCUT2D eigenvalue weighted by atomic mass is 9.99. The van der Waals surface area contributed by atoms with Gasteiger partial charge in [0, 0.05) is 24.4 Å². The molecule has 0 aromatic carbocycles. The molecule has 2 atom stereocenters. The third kappa shape index (κ3) is 4.59. The first-order valence-electron chi connectivity index (χ1n) is 6.45. The van der Waals surface area contributed by atoms with E-state index in [9.17, 15) is 13.2 Å². The van der Waals surface area contributed by atoms with Gasteiger partial charge >= 0.3 is 5.97 Å². The van der Waals surface area contributed by atoms with Crippen LogP contribution in [-0.4, -0.2) is 66.1 Å². The van der Waals surface area contributed by atoms with Crippen LogP contribution in [0.5, 0.6) is 0 Å². The SMILES string of the molecule is CSC(CO)C(C)NS(=O)(=O)N1CCC(C(=O)O)CC1. The van der Waals surface area contributed by atoms with Crippen LogP contribution in [0.25, 0.3) is 0 Å². The Hall–Kier alpha value is -0.350. The maximum absolute atomic E-state index is 12.2. The summed E-state index contributed by atoms with van der Waals surface area (Å²) in [5, 5.41) is 17.9. The molecule has 0 aromatic rings. The number of piperidine rings is 1. The summed E-state index contributed by atoms with van der Waals surface area (Å²) in [6, 6.07) is -0.391. The Balaban J connectivity index is 2.60. The summed E-state index contributed by atoms with van der Waals surface area (Å²) in [4.78, 5) is 10.8. The third-order valence-electron chi connectivity index (χ3n) is 3.52. The van der Waals surface area contributed by atoms with Gasteiger partial charge in [0.05, 0.1) is 12.5 Å². The fraction of sp³-hybridized carbons (Fsp3) is 0.909. The minimum absolute atomic E-state index is 0.105. The molecule has 1 aliphatic heterocycles. The molecule has 0 spiro atoms. The third-order valence-corrected chi connectivity index (χ3v) is 6.40. The van der Waals surface area contributed by atoms with E-state index >= 15 is 0 Å². The number of thioether (sulfide) groups is 1. The molecular weight excluding hydrogens is 304 g/mol. The number of carboxylic acid groups (broad SMARTS) is 1. The molecule has 9 heteroatoms.